The Balaban J connectivity index is 2.42. The van der Waals surface area contributed by atoms with Crippen molar-refractivity contribution in [3.8, 4) is 11.5 Å². The van der Waals surface area contributed by atoms with Crippen LogP contribution in [-0.2, 0) is 12.8 Å². The van der Waals surface area contributed by atoms with Crippen LogP contribution in [0.15, 0.2) is 12.1 Å². The molecule has 0 saturated heterocycles. The van der Waals surface area contributed by atoms with Crippen LogP contribution in [0, 0.1) is 0 Å². The average Bonchev–Trinajstić information content (AvgIpc) is 2.57. The van der Waals surface area contributed by atoms with Crippen LogP contribution in [0.5, 0.6) is 11.5 Å². The van der Waals surface area contributed by atoms with Gasteiger partial charge in [-0.1, -0.05) is 78.1 Å². The fourth-order valence-corrected chi connectivity index (χ4v) is 3.32. The molecule has 24 heavy (non-hydrogen) atoms. The van der Waals surface area contributed by atoms with E-state index >= 15 is 0 Å². The van der Waals surface area contributed by atoms with Crippen molar-refractivity contribution >= 4 is 0 Å². The van der Waals surface area contributed by atoms with Crippen molar-refractivity contribution in [3.05, 3.63) is 23.3 Å². The number of hydrogen-bond acceptors (Lipinski definition) is 2. The van der Waals surface area contributed by atoms with Gasteiger partial charge in [0.15, 0.2) is 11.5 Å². The van der Waals surface area contributed by atoms with Crippen LogP contribution in [-0.4, -0.2) is 10.2 Å². The van der Waals surface area contributed by atoms with E-state index in [2.05, 4.69) is 13.8 Å². The molecule has 2 N–H and O–H groups in total. The minimum Gasteiger partial charge on any atom is -0.504 e. The molecule has 0 unspecified atom stereocenters. The lowest BCUT2D eigenvalue weighted by Crippen LogP contribution is -1.96. The monoisotopic (exact) mass is 334 g/mol. The molecule has 1 aromatic rings. The van der Waals surface area contributed by atoms with Crippen molar-refractivity contribution in [1.29, 1.82) is 0 Å². The second-order valence-corrected chi connectivity index (χ2v) is 7.15. The summed E-state index contributed by atoms with van der Waals surface area (Å²) in [6.07, 6.45) is 17.5. The van der Waals surface area contributed by atoms with Gasteiger partial charge in [-0.3, -0.25) is 0 Å². The highest BCUT2D eigenvalue weighted by Crippen LogP contribution is 2.30. The zero-order valence-corrected chi connectivity index (χ0v) is 15.9. The van der Waals surface area contributed by atoms with Crippen molar-refractivity contribution in [2.24, 2.45) is 0 Å². The summed E-state index contributed by atoms with van der Waals surface area (Å²) in [6, 6.07) is 3.57. The van der Waals surface area contributed by atoms with Gasteiger partial charge in [-0.15, -0.1) is 0 Å². The van der Waals surface area contributed by atoms with Crippen LogP contribution in [0.3, 0.4) is 0 Å². The summed E-state index contributed by atoms with van der Waals surface area (Å²) in [5, 5.41) is 19.6. The Labute approximate surface area is 149 Å². The summed E-state index contributed by atoms with van der Waals surface area (Å²) in [5.41, 5.74) is 2.46. The first-order valence-corrected chi connectivity index (χ1v) is 10.2. The maximum Gasteiger partial charge on any atom is 0.157 e. The number of phenols is 2. The average molecular weight is 335 g/mol. The second-order valence-electron chi connectivity index (χ2n) is 7.15. The van der Waals surface area contributed by atoms with Gasteiger partial charge in [0, 0.05) is 0 Å². The third-order valence-corrected chi connectivity index (χ3v) is 4.90. The maximum atomic E-state index is 9.82. The largest absolute Gasteiger partial charge is 0.504 e. The Kier molecular flexibility index (Phi) is 11.4. The molecule has 0 aliphatic rings. The summed E-state index contributed by atoms with van der Waals surface area (Å²) in [6.45, 7) is 4.49. The molecule has 138 valence electrons. The first kappa shape index (κ1) is 20.9. The van der Waals surface area contributed by atoms with E-state index in [0.29, 0.717) is 0 Å². The summed E-state index contributed by atoms with van der Waals surface area (Å²) < 4.78 is 0. The molecule has 1 aromatic carbocycles. The first-order valence-electron chi connectivity index (χ1n) is 10.2. The number of aryl methyl sites for hydroxylation is 2. The lowest BCUT2D eigenvalue weighted by molar-refractivity contribution is 0.402. The topological polar surface area (TPSA) is 40.5 Å². The number of hydrogen-bond donors (Lipinski definition) is 2. The van der Waals surface area contributed by atoms with Crippen molar-refractivity contribution in [3.63, 3.8) is 0 Å². The van der Waals surface area contributed by atoms with E-state index in [-0.39, 0.29) is 11.5 Å². The SMILES string of the molecule is CCCCCCCCc1cc(O)c(O)cc1CCCCCCCC. The maximum absolute atomic E-state index is 9.82. The number of rotatable bonds is 14. The predicted octanol–water partition coefficient (Wildman–Crippen LogP) is 6.90. The molecule has 0 bridgehead atoms. The minimum atomic E-state index is 0.0303. The molecular formula is C22H38O2. The predicted molar refractivity (Wildman–Crippen MR) is 104 cm³/mol. The number of aromatic hydroxyl groups is 2. The van der Waals surface area contributed by atoms with E-state index in [9.17, 15) is 10.2 Å². The normalized spacial score (nSPS) is 11.1. The highest BCUT2D eigenvalue weighted by atomic mass is 16.3. The zero-order chi connectivity index (χ0) is 17.6. The van der Waals surface area contributed by atoms with Gasteiger partial charge in [0.2, 0.25) is 0 Å². The molecule has 0 amide bonds. The molecule has 0 radical (unpaired) electrons. The Morgan fingerprint density at radius 3 is 1.25 bits per heavy atom. The third kappa shape index (κ3) is 8.61. The summed E-state index contributed by atoms with van der Waals surface area (Å²) in [7, 11) is 0. The first-order chi connectivity index (χ1) is 11.7. The second kappa shape index (κ2) is 13.1. The van der Waals surface area contributed by atoms with Gasteiger partial charge in [0.25, 0.3) is 0 Å². The summed E-state index contributed by atoms with van der Waals surface area (Å²) >= 11 is 0. The van der Waals surface area contributed by atoms with E-state index in [1.807, 2.05) is 0 Å². The van der Waals surface area contributed by atoms with E-state index in [1.54, 1.807) is 12.1 Å². The molecule has 0 saturated carbocycles. The van der Waals surface area contributed by atoms with Crippen LogP contribution in [0.1, 0.15) is 102 Å². The molecular weight excluding hydrogens is 296 g/mol. The van der Waals surface area contributed by atoms with E-state index < -0.39 is 0 Å². The molecule has 0 aliphatic heterocycles. The van der Waals surface area contributed by atoms with E-state index in [0.717, 1.165) is 12.8 Å². The molecule has 0 fully saturated rings. The van der Waals surface area contributed by atoms with E-state index in [4.69, 9.17) is 0 Å². The van der Waals surface area contributed by atoms with Crippen molar-refractivity contribution < 1.29 is 10.2 Å². The van der Waals surface area contributed by atoms with Crippen LogP contribution in [0.4, 0.5) is 0 Å². The smallest absolute Gasteiger partial charge is 0.157 e. The molecule has 0 aliphatic carbocycles. The van der Waals surface area contributed by atoms with Crippen LogP contribution in [0.25, 0.3) is 0 Å². The molecule has 0 aromatic heterocycles. The van der Waals surface area contributed by atoms with Crippen LogP contribution < -0.4 is 0 Å². The van der Waals surface area contributed by atoms with Gasteiger partial charge < -0.3 is 10.2 Å². The van der Waals surface area contributed by atoms with Gasteiger partial charge in [0.05, 0.1) is 0 Å². The van der Waals surface area contributed by atoms with E-state index in [1.165, 1.54) is 88.2 Å². The zero-order valence-electron chi connectivity index (χ0n) is 15.9. The summed E-state index contributed by atoms with van der Waals surface area (Å²) in [5.74, 6) is 0.0605. The van der Waals surface area contributed by atoms with Gasteiger partial charge in [-0.2, -0.15) is 0 Å². The Hall–Kier alpha value is -1.18. The summed E-state index contributed by atoms with van der Waals surface area (Å²) in [4.78, 5) is 0. The minimum absolute atomic E-state index is 0.0303. The molecule has 0 spiro atoms. The highest BCUT2D eigenvalue weighted by Gasteiger charge is 2.08. The molecule has 2 heteroatoms. The third-order valence-electron chi connectivity index (χ3n) is 4.90. The van der Waals surface area contributed by atoms with Gasteiger partial charge in [-0.05, 0) is 48.9 Å². The van der Waals surface area contributed by atoms with Crippen molar-refractivity contribution in [2.45, 2.75) is 104 Å². The number of benzene rings is 1. The quantitative estimate of drug-likeness (QED) is 0.287. The molecule has 1 rings (SSSR count). The lowest BCUT2D eigenvalue weighted by atomic mass is 9.95. The van der Waals surface area contributed by atoms with Crippen molar-refractivity contribution in [2.75, 3.05) is 0 Å². The van der Waals surface area contributed by atoms with Gasteiger partial charge in [-0.25, -0.2) is 0 Å². The number of phenolic OH excluding ortho intramolecular Hbond substituents is 2. The highest BCUT2D eigenvalue weighted by molar-refractivity contribution is 5.45. The van der Waals surface area contributed by atoms with Crippen LogP contribution in [0.2, 0.25) is 0 Å². The molecule has 0 atom stereocenters. The van der Waals surface area contributed by atoms with Crippen molar-refractivity contribution in [1.82, 2.24) is 0 Å². The molecule has 2 nitrogen and oxygen atoms in total. The Bertz CT molecular complexity index is 399. The Morgan fingerprint density at radius 1 is 0.542 bits per heavy atom. The fraction of sp³-hybridized carbons (Fsp3) is 0.727. The van der Waals surface area contributed by atoms with Gasteiger partial charge in [0.1, 0.15) is 0 Å². The fourth-order valence-electron chi connectivity index (χ4n) is 3.32. The Morgan fingerprint density at radius 2 is 0.875 bits per heavy atom. The number of unbranched alkanes of at least 4 members (excludes halogenated alkanes) is 10. The van der Waals surface area contributed by atoms with Gasteiger partial charge >= 0.3 is 0 Å². The standard InChI is InChI=1S/C22H38O2/c1-3-5-7-9-11-13-15-19-17-21(23)22(24)18-20(19)16-14-12-10-8-6-4-2/h17-18,23-24H,3-16H2,1-2H3. The molecule has 0 heterocycles. The lowest BCUT2D eigenvalue weighted by Gasteiger charge is -2.12. The van der Waals surface area contributed by atoms with Crippen LogP contribution >= 0.6 is 0 Å².